The quantitative estimate of drug-likeness (QED) is 0.377. The first-order valence-electron chi connectivity index (χ1n) is 10.7. The van der Waals surface area contributed by atoms with E-state index in [9.17, 15) is 0 Å². The summed E-state index contributed by atoms with van der Waals surface area (Å²) < 4.78 is 0. The molecule has 0 aliphatic carbocycles. The van der Waals surface area contributed by atoms with E-state index >= 15 is 0 Å². The van der Waals surface area contributed by atoms with E-state index in [-0.39, 0.29) is 0 Å². The van der Waals surface area contributed by atoms with Gasteiger partial charge in [-0.15, -0.1) is 0 Å². The minimum absolute atomic E-state index is 0.712. The van der Waals surface area contributed by atoms with Crippen molar-refractivity contribution in [1.29, 1.82) is 0 Å². The van der Waals surface area contributed by atoms with Crippen LogP contribution >= 0.6 is 0 Å². The van der Waals surface area contributed by atoms with Crippen LogP contribution in [0.2, 0.25) is 0 Å². The van der Waals surface area contributed by atoms with Gasteiger partial charge in [-0.1, -0.05) is 66.7 Å². The predicted octanol–water partition coefficient (Wildman–Crippen LogP) is 6.60. The van der Waals surface area contributed by atoms with Crippen molar-refractivity contribution in [3.8, 4) is 22.3 Å². The summed E-state index contributed by atoms with van der Waals surface area (Å²) in [5.74, 6) is 1.02. The predicted molar refractivity (Wildman–Crippen MR) is 130 cm³/mol. The summed E-state index contributed by atoms with van der Waals surface area (Å²) in [5, 5.41) is 7.09. The van der Waals surface area contributed by atoms with Crippen LogP contribution in [0.5, 0.6) is 0 Å². The maximum atomic E-state index is 5.01. The molecule has 6 rings (SSSR count). The highest BCUT2D eigenvalue weighted by Crippen LogP contribution is 2.44. The molecular weight excluding hydrogens is 378 g/mol. The third kappa shape index (κ3) is 2.77. The van der Waals surface area contributed by atoms with E-state index in [2.05, 4.69) is 109 Å². The maximum Gasteiger partial charge on any atom is 0.163 e. The fourth-order valence-corrected chi connectivity index (χ4v) is 4.86. The van der Waals surface area contributed by atoms with Gasteiger partial charge in [-0.3, -0.25) is 0 Å². The van der Waals surface area contributed by atoms with Crippen molar-refractivity contribution in [2.75, 3.05) is 16.6 Å². The molecule has 0 atom stereocenters. The molecule has 0 spiro atoms. The Balaban J connectivity index is 1.52. The Labute approximate surface area is 182 Å². The number of anilines is 2. The van der Waals surface area contributed by atoms with Gasteiger partial charge in [0.05, 0.1) is 11.4 Å². The topological polar surface area (TPSA) is 18.8 Å². The first-order chi connectivity index (χ1) is 15.2. The third-order valence-electron chi connectivity index (χ3n) is 6.32. The van der Waals surface area contributed by atoms with Gasteiger partial charge in [-0.25, -0.2) is 5.01 Å². The average molecular weight is 402 g/mol. The van der Waals surface area contributed by atoms with Crippen LogP contribution in [0.25, 0.3) is 22.3 Å². The number of fused-ring (bicyclic) bond motifs is 6. The normalized spacial score (nSPS) is 14.1. The molecule has 0 saturated heterocycles. The smallest absolute Gasteiger partial charge is 0.163 e. The van der Waals surface area contributed by atoms with Crippen LogP contribution in [0.4, 0.5) is 11.4 Å². The summed E-state index contributed by atoms with van der Waals surface area (Å²) in [5.41, 5.74) is 11.2. The average Bonchev–Trinajstić information content (AvgIpc) is 3.26. The van der Waals surface area contributed by atoms with E-state index in [0.29, 0.717) is 6.67 Å². The van der Waals surface area contributed by atoms with Gasteiger partial charge in [-0.05, 0) is 65.9 Å². The number of para-hydroxylation sites is 1. The lowest BCUT2D eigenvalue weighted by molar-refractivity contribution is 0.912. The second-order valence-electron chi connectivity index (χ2n) is 8.27. The molecular formula is C28H23N3. The van der Waals surface area contributed by atoms with E-state index in [1.165, 1.54) is 44.6 Å². The van der Waals surface area contributed by atoms with Crippen molar-refractivity contribution in [2.45, 2.75) is 13.8 Å². The highest BCUT2D eigenvalue weighted by Gasteiger charge is 2.34. The van der Waals surface area contributed by atoms with Gasteiger partial charge in [0.1, 0.15) is 6.67 Å². The van der Waals surface area contributed by atoms with Crippen LogP contribution in [-0.2, 0) is 0 Å². The Morgan fingerprint density at radius 1 is 0.677 bits per heavy atom. The third-order valence-corrected chi connectivity index (χ3v) is 6.32. The number of hydrogen-bond donors (Lipinski definition) is 0. The summed E-state index contributed by atoms with van der Waals surface area (Å²) in [4.78, 5) is 2.33. The Bertz CT molecular complexity index is 1320. The first kappa shape index (κ1) is 18.0. The SMILES string of the molecule is Cc1cccc(C)c1-c1ccc2c(c1)-c1ccccc1C1=NN(c3ccccc3)CN12. The molecule has 0 radical (unpaired) electrons. The molecule has 150 valence electrons. The minimum atomic E-state index is 0.712. The largest absolute Gasteiger partial charge is 0.304 e. The molecule has 3 nitrogen and oxygen atoms in total. The van der Waals surface area contributed by atoms with Crippen LogP contribution < -0.4 is 9.91 Å². The van der Waals surface area contributed by atoms with Gasteiger partial charge in [-0.2, -0.15) is 5.10 Å². The number of nitrogens with zero attached hydrogens (tertiary/aromatic N) is 3. The lowest BCUT2D eigenvalue weighted by atomic mass is 9.88. The Morgan fingerprint density at radius 2 is 1.39 bits per heavy atom. The summed E-state index contributed by atoms with van der Waals surface area (Å²) in [6.45, 7) is 5.10. The lowest BCUT2D eigenvalue weighted by Crippen LogP contribution is -2.34. The van der Waals surface area contributed by atoms with Crippen molar-refractivity contribution < 1.29 is 0 Å². The fraction of sp³-hybridized carbons (Fsp3) is 0.107. The van der Waals surface area contributed by atoms with E-state index in [1.54, 1.807) is 0 Å². The number of rotatable bonds is 2. The summed E-state index contributed by atoms with van der Waals surface area (Å²) in [6.07, 6.45) is 0. The van der Waals surface area contributed by atoms with Crippen molar-refractivity contribution >= 4 is 17.2 Å². The van der Waals surface area contributed by atoms with Crippen LogP contribution in [0.15, 0.2) is 96.1 Å². The van der Waals surface area contributed by atoms with Crippen LogP contribution in [0.3, 0.4) is 0 Å². The highest BCUT2D eigenvalue weighted by atomic mass is 15.6. The number of amidine groups is 1. The number of benzene rings is 4. The van der Waals surface area contributed by atoms with E-state index < -0.39 is 0 Å². The van der Waals surface area contributed by atoms with Crippen LogP contribution in [-0.4, -0.2) is 12.5 Å². The summed E-state index contributed by atoms with van der Waals surface area (Å²) >= 11 is 0. The number of hydrazone groups is 1. The molecule has 0 unspecified atom stereocenters. The zero-order valence-electron chi connectivity index (χ0n) is 17.7. The molecule has 0 aromatic heterocycles. The Morgan fingerprint density at radius 3 is 2.16 bits per heavy atom. The van der Waals surface area contributed by atoms with Crippen molar-refractivity contribution in [3.63, 3.8) is 0 Å². The molecule has 0 N–H and O–H groups in total. The second kappa shape index (κ2) is 6.85. The van der Waals surface area contributed by atoms with Crippen LogP contribution in [0.1, 0.15) is 16.7 Å². The molecule has 3 heteroatoms. The lowest BCUT2D eigenvalue weighted by Gasteiger charge is -2.30. The highest BCUT2D eigenvalue weighted by molar-refractivity contribution is 6.20. The van der Waals surface area contributed by atoms with Crippen molar-refractivity contribution in [2.24, 2.45) is 5.10 Å². The van der Waals surface area contributed by atoms with E-state index in [1.807, 2.05) is 6.07 Å². The van der Waals surface area contributed by atoms with Crippen molar-refractivity contribution in [3.05, 3.63) is 108 Å². The monoisotopic (exact) mass is 401 g/mol. The van der Waals surface area contributed by atoms with Crippen molar-refractivity contribution in [1.82, 2.24) is 0 Å². The molecule has 4 aromatic rings. The fourth-order valence-electron chi connectivity index (χ4n) is 4.86. The zero-order valence-corrected chi connectivity index (χ0v) is 17.7. The van der Waals surface area contributed by atoms with E-state index in [4.69, 9.17) is 5.10 Å². The van der Waals surface area contributed by atoms with Gasteiger partial charge in [0, 0.05) is 11.1 Å². The molecule has 31 heavy (non-hydrogen) atoms. The number of hydrogen-bond acceptors (Lipinski definition) is 3. The standard InChI is InChI=1S/C28H23N3/c1-19-9-8-10-20(2)27(19)21-15-16-26-25(17-21)23-13-6-7-14-24(23)28-29-31(18-30(26)28)22-11-4-3-5-12-22/h3-17H,18H2,1-2H3. The summed E-state index contributed by atoms with van der Waals surface area (Å²) in [7, 11) is 0. The zero-order chi connectivity index (χ0) is 20.9. The van der Waals surface area contributed by atoms with E-state index in [0.717, 1.165) is 11.5 Å². The van der Waals surface area contributed by atoms with Gasteiger partial charge < -0.3 is 4.90 Å². The Hall–Kier alpha value is -3.85. The van der Waals surface area contributed by atoms with Gasteiger partial charge in [0.25, 0.3) is 0 Å². The molecule has 0 amide bonds. The molecule has 0 fully saturated rings. The minimum Gasteiger partial charge on any atom is -0.304 e. The molecule has 2 heterocycles. The molecule has 0 bridgehead atoms. The second-order valence-corrected chi connectivity index (χ2v) is 8.27. The molecule has 2 aliphatic heterocycles. The van der Waals surface area contributed by atoms with Gasteiger partial charge >= 0.3 is 0 Å². The summed E-state index contributed by atoms with van der Waals surface area (Å²) in [6, 6.07) is 32.4. The van der Waals surface area contributed by atoms with Crippen LogP contribution in [0, 0.1) is 13.8 Å². The number of aryl methyl sites for hydroxylation is 2. The Kier molecular flexibility index (Phi) is 3.97. The molecule has 2 aliphatic rings. The molecule has 4 aromatic carbocycles. The molecule has 0 saturated carbocycles. The maximum absolute atomic E-state index is 5.01. The first-order valence-corrected chi connectivity index (χ1v) is 10.7. The van der Waals surface area contributed by atoms with Gasteiger partial charge in [0.15, 0.2) is 5.84 Å². The van der Waals surface area contributed by atoms with Gasteiger partial charge in [0.2, 0.25) is 0 Å².